The Kier molecular flexibility index (Phi) is 3.09. The first-order valence-corrected chi connectivity index (χ1v) is 8.96. The molecule has 3 heteroatoms. The van der Waals surface area contributed by atoms with Gasteiger partial charge in [0.05, 0.1) is 10.2 Å². The molecular formula is C21H12ClNS. The van der Waals surface area contributed by atoms with Crippen LogP contribution in [0.2, 0.25) is 5.02 Å². The number of hydrogen-bond acceptors (Lipinski definition) is 2. The molecule has 1 heterocycles. The largest absolute Gasteiger partial charge is 0.236 e. The summed E-state index contributed by atoms with van der Waals surface area (Å²) >= 11 is 8.14. The maximum atomic E-state index is 6.40. The van der Waals surface area contributed by atoms with E-state index in [0.29, 0.717) is 0 Å². The van der Waals surface area contributed by atoms with Crippen molar-refractivity contribution in [1.82, 2.24) is 4.98 Å². The summed E-state index contributed by atoms with van der Waals surface area (Å²) in [5, 5.41) is 6.59. The highest BCUT2D eigenvalue weighted by Gasteiger charge is 2.12. The van der Waals surface area contributed by atoms with E-state index >= 15 is 0 Å². The first-order valence-electron chi connectivity index (χ1n) is 7.77. The van der Waals surface area contributed by atoms with Gasteiger partial charge in [0.2, 0.25) is 0 Å². The molecule has 0 saturated carbocycles. The van der Waals surface area contributed by atoms with Gasteiger partial charge < -0.3 is 0 Å². The van der Waals surface area contributed by atoms with E-state index in [4.69, 9.17) is 16.6 Å². The van der Waals surface area contributed by atoms with Crippen LogP contribution in [0.25, 0.3) is 42.3 Å². The molecule has 1 nitrogen and oxygen atoms in total. The fraction of sp³-hybridized carbons (Fsp3) is 0. The van der Waals surface area contributed by atoms with Crippen LogP contribution in [0.3, 0.4) is 0 Å². The Labute approximate surface area is 148 Å². The summed E-state index contributed by atoms with van der Waals surface area (Å²) in [6.45, 7) is 0. The molecule has 0 aliphatic carbocycles. The van der Waals surface area contributed by atoms with E-state index < -0.39 is 0 Å². The summed E-state index contributed by atoms with van der Waals surface area (Å²) in [6, 6.07) is 24.9. The zero-order valence-electron chi connectivity index (χ0n) is 12.7. The van der Waals surface area contributed by atoms with Crippen LogP contribution in [0.15, 0.2) is 72.8 Å². The Balaban J connectivity index is 1.92. The van der Waals surface area contributed by atoms with Crippen molar-refractivity contribution in [2.24, 2.45) is 0 Å². The molecule has 114 valence electrons. The van der Waals surface area contributed by atoms with Gasteiger partial charge in [-0.2, -0.15) is 0 Å². The van der Waals surface area contributed by atoms with Crippen LogP contribution >= 0.6 is 22.9 Å². The normalized spacial score (nSPS) is 11.5. The number of fused-ring (bicyclic) bond motifs is 5. The van der Waals surface area contributed by atoms with Crippen molar-refractivity contribution in [2.75, 3.05) is 0 Å². The molecule has 0 radical (unpaired) electrons. The number of benzene rings is 4. The van der Waals surface area contributed by atoms with Crippen molar-refractivity contribution >= 4 is 54.7 Å². The van der Waals surface area contributed by atoms with E-state index in [1.54, 1.807) is 11.3 Å². The van der Waals surface area contributed by atoms with Gasteiger partial charge in [-0.3, -0.25) is 0 Å². The summed E-state index contributed by atoms with van der Waals surface area (Å²) < 4.78 is 1.22. The molecule has 0 saturated heterocycles. The molecule has 5 rings (SSSR count). The number of nitrogens with zero attached hydrogens (tertiary/aromatic N) is 1. The molecule has 0 atom stereocenters. The number of thiazole rings is 1. The Bertz CT molecular complexity index is 1210. The third kappa shape index (κ3) is 2.04. The molecule has 1 aromatic heterocycles. The summed E-state index contributed by atoms with van der Waals surface area (Å²) in [6.07, 6.45) is 0. The van der Waals surface area contributed by atoms with Gasteiger partial charge in [-0.05, 0) is 22.9 Å². The minimum absolute atomic E-state index is 0.791. The standard InChI is InChI=1S/C21H12ClNS/c22-17-8-4-7-16-15(17)11-9-13-10-12-18-20(19(13)16)24-21(23-18)14-5-2-1-3-6-14/h1-12H. The average Bonchev–Trinajstić information content (AvgIpc) is 3.07. The maximum Gasteiger partial charge on any atom is 0.124 e. The Morgan fingerprint density at radius 3 is 2.46 bits per heavy atom. The number of rotatable bonds is 1. The van der Waals surface area contributed by atoms with Gasteiger partial charge >= 0.3 is 0 Å². The fourth-order valence-electron chi connectivity index (χ4n) is 3.23. The molecule has 0 N–H and O–H groups in total. The summed E-state index contributed by atoms with van der Waals surface area (Å²) in [5.41, 5.74) is 2.20. The van der Waals surface area contributed by atoms with Crippen molar-refractivity contribution in [3.05, 3.63) is 77.8 Å². The highest BCUT2D eigenvalue weighted by atomic mass is 35.5. The second kappa shape index (κ2) is 5.30. The fourth-order valence-corrected chi connectivity index (χ4v) is 4.60. The molecule has 0 aliphatic heterocycles. The zero-order valence-corrected chi connectivity index (χ0v) is 14.2. The molecule has 24 heavy (non-hydrogen) atoms. The van der Waals surface area contributed by atoms with Gasteiger partial charge in [0.1, 0.15) is 5.01 Å². The smallest absolute Gasteiger partial charge is 0.124 e. The van der Waals surface area contributed by atoms with Gasteiger partial charge in [-0.15, -0.1) is 11.3 Å². The highest BCUT2D eigenvalue weighted by Crippen LogP contribution is 2.39. The van der Waals surface area contributed by atoms with Crippen LogP contribution in [0, 0.1) is 0 Å². The number of hydrogen-bond donors (Lipinski definition) is 0. The van der Waals surface area contributed by atoms with Gasteiger partial charge in [-0.25, -0.2) is 4.98 Å². The Hall–Kier alpha value is -2.42. The monoisotopic (exact) mass is 345 g/mol. The predicted molar refractivity (Wildman–Crippen MR) is 105 cm³/mol. The minimum Gasteiger partial charge on any atom is -0.236 e. The molecule has 0 amide bonds. The Morgan fingerprint density at radius 1 is 0.750 bits per heavy atom. The second-order valence-corrected chi connectivity index (χ2v) is 7.20. The van der Waals surface area contributed by atoms with E-state index in [0.717, 1.165) is 26.5 Å². The lowest BCUT2D eigenvalue weighted by molar-refractivity contribution is 1.48. The number of aromatic nitrogens is 1. The molecule has 0 fully saturated rings. The SMILES string of the molecule is Clc1cccc2c1ccc1ccc3nc(-c4ccccc4)sc3c12. The van der Waals surface area contributed by atoms with E-state index in [2.05, 4.69) is 54.6 Å². The quantitative estimate of drug-likeness (QED) is 0.300. The zero-order chi connectivity index (χ0) is 16.1. The number of halogens is 1. The van der Waals surface area contributed by atoms with E-state index in [-0.39, 0.29) is 0 Å². The van der Waals surface area contributed by atoms with Crippen LogP contribution in [-0.2, 0) is 0 Å². The molecule has 0 bridgehead atoms. The van der Waals surface area contributed by atoms with Gasteiger partial charge in [-0.1, -0.05) is 72.3 Å². The topological polar surface area (TPSA) is 12.9 Å². The first-order chi connectivity index (χ1) is 11.8. The van der Waals surface area contributed by atoms with Crippen molar-refractivity contribution in [3.63, 3.8) is 0 Å². The average molecular weight is 346 g/mol. The Morgan fingerprint density at radius 2 is 1.58 bits per heavy atom. The van der Waals surface area contributed by atoms with Gasteiger partial charge in [0.15, 0.2) is 0 Å². The first kappa shape index (κ1) is 14.0. The van der Waals surface area contributed by atoms with Gasteiger partial charge in [0, 0.05) is 21.4 Å². The lowest BCUT2D eigenvalue weighted by Crippen LogP contribution is -1.79. The molecule has 0 aliphatic rings. The second-order valence-electron chi connectivity index (χ2n) is 5.80. The van der Waals surface area contributed by atoms with Crippen molar-refractivity contribution < 1.29 is 0 Å². The van der Waals surface area contributed by atoms with Crippen molar-refractivity contribution in [3.8, 4) is 10.6 Å². The molecular weight excluding hydrogens is 334 g/mol. The molecule has 0 unspecified atom stereocenters. The van der Waals surface area contributed by atoms with Crippen molar-refractivity contribution in [2.45, 2.75) is 0 Å². The molecule has 0 spiro atoms. The summed E-state index contributed by atoms with van der Waals surface area (Å²) in [7, 11) is 0. The van der Waals surface area contributed by atoms with E-state index in [1.807, 2.05) is 18.2 Å². The molecule has 5 aromatic rings. The highest BCUT2D eigenvalue weighted by molar-refractivity contribution is 7.22. The third-order valence-electron chi connectivity index (χ3n) is 4.36. The predicted octanol–water partition coefficient (Wildman–Crippen LogP) is 6.92. The van der Waals surface area contributed by atoms with Gasteiger partial charge in [0.25, 0.3) is 0 Å². The lowest BCUT2D eigenvalue weighted by Gasteiger charge is -2.06. The summed E-state index contributed by atoms with van der Waals surface area (Å²) in [4.78, 5) is 4.85. The molecule has 4 aromatic carbocycles. The van der Waals surface area contributed by atoms with Crippen LogP contribution in [0.1, 0.15) is 0 Å². The van der Waals surface area contributed by atoms with Crippen LogP contribution in [-0.4, -0.2) is 4.98 Å². The van der Waals surface area contributed by atoms with Crippen molar-refractivity contribution in [1.29, 1.82) is 0 Å². The van der Waals surface area contributed by atoms with E-state index in [1.165, 1.54) is 20.9 Å². The van der Waals surface area contributed by atoms with Crippen LogP contribution in [0.5, 0.6) is 0 Å². The van der Waals surface area contributed by atoms with E-state index in [9.17, 15) is 0 Å². The summed E-state index contributed by atoms with van der Waals surface area (Å²) in [5.74, 6) is 0. The van der Waals surface area contributed by atoms with Crippen LogP contribution in [0.4, 0.5) is 0 Å². The maximum absolute atomic E-state index is 6.40. The third-order valence-corrected chi connectivity index (χ3v) is 5.83. The lowest BCUT2D eigenvalue weighted by atomic mass is 10.0. The minimum atomic E-state index is 0.791. The van der Waals surface area contributed by atoms with Crippen LogP contribution < -0.4 is 0 Å².